The van der Waals surface area contributed by atoms with Gasteiger partial charge in [-0.1, -0.05) is 6.07 Å². The number of fused-ring (bicyclic) bond motifs is 1. The van der Waals surface area contributed by atoms with E-state index < -0.39 is 25.0 Å². The maximum absolute atomic E-state index is 14.5. The average Bonchev–Trinajstić information content (AvgIpc) is 3.28. The lowest BCUT2D eigenvalue weighted by Gasteiger charge is -2.13. The number of carbonyl (C=O) groups excluding carboxylic acids is 1. The number of imidazole rings is 1. The number of methoxy groups -OCH3 is 1. The second-order valence-corrected chi connectivity index (χ2v) is 8.35. The van der Waals surface area contributed by atoms with Crippen molar-refractivity contribution < 1.29 is 31.8 Å². The minimum Gasteiger partial charge on any atom is -0.497 e. The smallest absolute Gasteiger partial charge is 0.390 e. The molecule has 0 bridgehead atoms. The summed E-state index contributed by atoms with van der Waals surface area (Å²) in [4.78, 5) is 16.6. The van der Waals surface area contributed by atoms with Gasteiger partial charge in [-0.2, -0.15) is 13.2 Å². The van der Waals surface area contributed by atoms with E-state index in [1.54, 1.807) is 25.1 Å². The number of rotatable bonds is 9. The number of halogens is 4. The molecule has 4 rings (SSSR count). The minimum absolute atomic E-state index is 0.0778. The van der Waals surface area contributed by atoms with Crippen LogP contribution in [0.25, 0.3) is 16.9 Å². The van der Waals surface area contributed by atoms with E-state index in [1.165, 1.54) is 36.0 Å². The molecule has 2 aromatic carbocycles. The van der Waals surface area contributed by atoms with Gasteiger partial charge < -0.3 is 20.1 Å². The molecule has 2 aromatic heterocycles. The molecule has 38 heavy (non-hydrogen) atoms. The number of carbonyl (C=O) groups is 1. The highest BCUT2D eigenvalue weighted by Crippen LogP contribution is 2.32. The fraction of sp³-hybridized carbons (Fsp3) is 0.269. The zero-order chi connectivity index (χ0) is 27.4. The molecule has 4 aromatic rings. The van der Waals surface area contributed by atoms with Crippen molar-refractivity contribution in [2.75, 3.05) is 25.5 Å². The Morgan fingerprint density at radius 2 is 1.92 bits per heavy atom. The van der Waals surface area contributed by atoms with E-state index >= 15 is 0 Å². The average molecular weight is 532 g/mol. The summed E-state index contributed by atoms with van der Waals surface area (Å²) in [5.74, 6) is -0.855. The standard InChI is InChI=1S/C26H25F4N5O3/c1-4-31-25(36)18-7-5-16(11-15(18)2)21-14-33-24-20(32-10-9-26(28,29)30)13-23(34-35(21)24)38-22-8-6-17(37-3)12-19(22)27/h5-8,11-14,32H,4,9-10H2,1-3H3,(H,31,36). The van der Waals surface area contributed by atoms with Gasteiger partial charge in [0.05, 0.1) is 31.1 Å². The van der Waals surface area contributed by atoms with Crippen molar-refractivity contribution in [2.24, 2.45) is 0 Å². The van der Waals surface area contributed by atoms with E-state index in [0.29, 0.717) is 28.9 Å². The van der Waals surface area contributed by atoms with Crippen LogP contribution in [0.2, 0.25) is 0 Å². The van der Waals surface area contributed by atoms with Crippen molar-refractivity contribution >= 4 is 17.2 Å². The topological polar surface area (TPSA) is 89.8 Å². The third kappa shape index (κ3) is 5.96. The number of anilines is 1. The van der Waals surface area contributed by atoms with Crippen molar-refractivity contribution in [3.8, 4) is 28.6 Å². The first-order chi connectivity index (χ1) is 18.1. The lowest BCUT2D eigenvalue weighted by atomic mass is 10.0. The number of nitrogens with zero attached hydrogens (tertiary/aromatic N) is 3. The molecule has 2 N–H and O–H groups in total. The van der Waals surface area contributed by atoms with Gasteiger partial charge >= 0.3 is 6.18 Å². The van der Waals surface area contributed by atoms with Crippen LogP contribution in [-0.4, -0.2) is 46.9 Å². The van der Waals surface area contributed by atoms with Crippen LogP contribution in [0.5, 0.6) is 17.4 Å². The molecule has 0 spiro atoms. The van der Waals surface area contributed by atoms with Crippen LogP contribution in [0.4, 0.5) is 23.2 Å². The van der Waals surface area contributed by atoms with Crippen molar-refractivity contribution in [2.45, 2.75) is 26.4 Å². The Kier molecular flexibility index (Phi) is 7.70. The molecule has 200 valence electrons. The Hall–Kier alpha value is -4.35. The van der Waals surface area contributed by atoms with Crippen molar-refractivity contribution in [3.63, 3.8) is 0 Å². The first-order valence-electron chi connectivity index (χ1n) is 11.7. The van der Waals surface area contributed by atoms with Crippen molar-refractivity contribution in [1.29, 1.82) is 0 Å². The fourth-order valence-corrected chi connectivity index (χ4v) is 3.80. The SMILES string of the molecule is CCNC(=O)c1ccc(-c2cnc3c(NCCC(F)(F)F)cc(Oc4ccc(OC)cc4F)nn23)cc1C. The van der Waals surface area contributed by atoms with Gasteiger partial charge in [0.1, 0.15) is 5.75 Å². The van der Waals surface area contributed by atoms with Crippen molar-refractivity contribution in [3.05, 3.63) is 65.6 Å². The molecular weight excluding hydrogens is 506 g/mol. The number of nitrogens with one attached hydrogen (secondary N) is 2. The molecular formula is C26H25F4N5O3. The number of benzene rings is 2. The Morgan fingerprint density at radius 3 is 2.58 bits per heavy atom. The summed E-state index contributed by atoms with van der Waals surface area (Å²) >= 11 is 0. The molecule has 0 aliphatic heterocycles. The molecule has 0 aliphatic rings. The summed E-state index contributed by atoms with van der Waals surface area (Å²) < 4.78 is 64.9. The molecule has 2 heterocycles. The Labute approximate surface area is 215 Å². The van der Waals surface area contributed by atoms with Crippen LogP contribution in [0.15, 0.2) is 48.7 Å². The molecule has 0 saturated carbocycles. The Balaban J connectivity index is 1.76. The van der Waals surface area contributed by atoms with Gasteiger partial charge in [0, 0.05) is 36.3 Å². The first kappa shape index (κ1) is 26.7. The van der Waals surface area contributed by atoms with E-state index in [1.807, 2.05) is 6.92 Å². The molecule has 0 saturated heterocycles. The number of hydrogen-bond donors (Lipinski definition) is 2. The summed E-state index contributed by atoms with van der Waals surface area (Å²) in [7, 11) is 1.40. The summed E-state index contributed by atoms with van der Waals surface area (Å²) in [6.07, 6.45) is -3.92. The third-order valence-corrected chi connectivity index (χ3v) is 5.63. The monoisotopic (exact) mass is 531 g/mol. The molecule has 0 unspecified atom stereocenters. The van der Waals surface area contributed by atoms with Gasteiger partial charge in [0.2, 0.25) is 5.88 Å². The molecule has 8 nitrogen and oxygen atoms in total. The molecule has 12 heteroatoms. The van der Waals surface area contributed by atoms with Crippen LogP contribution in [0.3, 0.4) is 0 Å². The van der Waals surface area contributed by atoms with Crippen LogP contribution in [0.1, 0.15) is 29.3 Å². The fourth-order valence-electron chi connectivity index (χ4n) is 3.80. The lowest BCUT2D eigenvalue weighted by molar-refractivity contribution is -0.131. The maximum atomic E-state index is 14.5. The minimum atomic E-state index is -4.36. The highest BCUT2D eigenvalue weighted by atomic mass is 19.4. The molecule has 0 aliphatic carbocycles. The number of amides is 1. The second-order valence-electron chi connectivity index (χ2n) is 8.35. The number of alkyl halides is 3. The second kappa shape index (κ2) is 11.0. The third-order valence-electron chi connectivity index (χ3n) is 5.63. The van der Waals surface area contributed by atoms with Crippen LogP contribution in [0, 0.1) is 12.7 Å². The van der Waals surface area contributed by atoms with Gasteiger partial charge in [0.25, 0.3) is 5.91 Å². The summed E-state index contributed by atoms with van der Waals surface area (Å²) in [5.41, 5.74) is 2.82. The normalized spacial score (nSPS) is 11.4. The quantitative estimate of drug-likeness (QED) is 0.267. The number of ether oxygens (including phenoxy) is 2. The highest BCUT2D eigenvalue weighted by molar-refractivity contribution is 5.96. The largest absolute Gasteiger partial charge is 0.497 e. The molecule has 0 atom stereocenters. The van der Waals surface area contributed by atoms with Gasteiger partial charge in [-0.15, -0.1) is 5.10 Å². The first-order valence-corrected chi connectivity index (χ1v) is 11.7. The van der Waals surface area contributed by atoms with Crippen LogP contribution < -0.4 is 20.1 Å². The molecule has 0 fully saturated rings. The number of aryl methyl sites for hydroxylation is 1. The van der Waals surface area contributed by atoms with E-state index in [-0.39, 0.29) is 34.6 Å². The van der Waals surface area contributed by atoms with Crippen molar-refractivity contribution in [1.82, 2.24) is 19.9 Å². The predicted molar refractivity (Wildman–Crippen MR) is 133 cm³/mol. The van der Waals surface area contributed by atoms with Gasteiger partial charge in [-0.05, 0) is 43.7 Å². The zero-order valence-corrected chi connectivity index (χ0v) is 20.8. The Bertz CT molecular complexity index is 1470. The number of hydrogen-bond acceptors (Lipinski definition) is 6. The molecule has 1 amide bonds. The van der Waals surface area contributed by atoms with E-state index in [0.717, 1.165) is 6.07 Å². The summed E-state index contributed by atoms with van der Waals surface area (Å²) in [5, 5.41) is 9.90. The van der Waals surface area contributed by atoms with E-state index in [9.17, 15) is 22.4 Å². The molecule has 0 radical (unpaired) electrons. The van der Waals surface area contributed by atoms with Gasteiger partial charge in [-0.25, -0.2) is 13.9 Å². The summed E-state index contributed by atoms with van der Waals surface area (Å²) in [6.45, 7) is 3.68. The van der Waals surface area contributed by atoms with E-state index in [2.05, 4.69) is 20.7 Å². The lowest BCUT2D eigenvalue weighted by Crippen LogP contribution is -2.23. The zero-order valence-electron chi connectivity index (χ0n) is 20.8. The van der Waals surface area contributed by atoms with Crippen LogP contribution >= 0.6 is 0 Å². The van der Waals surface area contributed by atoms with E-state index in [4.69, 9.17) is 9.47 Å². The summed E-state index contributed by atoms with van der Waals surface area (Å²) in [6, 6.07) is 10.5. The van der Waals surface area contributed by atoms with Crippen LogP contribution in [-0.2, 0) is 0 Å². The number of aromatic nitrogens is 3. The maximum Gasteiger partial charge on any atom is 0.390 e. The highest BCUT2D eigenvalue weighted by Gasteiger charge is 2.26. The predicted octanol–water partition coefficient (Wildman–Crippen LogP) is 5.76. The Morgan fingerprint density at radius 1 is 1.13 bits per heavy atom. The van der Waals surface area contributed by atoms with Gasteiger partial charge in [0.15, 0.2) is 17.2 Å². The van der Waals surface area contributed by atoms with Gasteiger partial charge in [-0.3, -0.25) is 4.79 Å².